The topological polar surface area (TPSA) is 60.5 Å². The van der Waals surface area contributed by atoms with Gasteiger partial charge in [0.15, 0.2) is 0 Å². The molecule has 2 rings (SSSR count). The van der Waals surface area contributed by atoms with E-state index in [1.807, 2.05) is 58.0 Å². The van der Waals surface area contributed by atoms with Crippen LogP contribution < -0.4 is 10.1 Å². The first kappa shape index (κ1) is 18.9. The summed E-state index contributed by atoms with van der Waals surface area (Å²) in [5.41, 5.74) is 1.37. The summed E-state index contributed by atoms with van der Waals surface area (Å²) in [6, 6.07) is 13.2. The molecular formula is C20H26N2O3. The molecule has 0 aliphatic rings. The fourth-order valence-corrected chi connectivity index (χ4v) is 2.20. The highest BCUT2D eigenvalue weighted by Crippen LogP contribution is 2.13. The Morgan fingerprint density at radius 2 is 1.84 bits per heavy atom. The highest BCUT2D eigenvalue weighted by Gasteiger charge is 2.12. The van der Waals surface area contributed by atoms with E-state index in [1.165, 1.54) is 6.20 Å². The van der Waals surface area contributed by atoms with Crippen molar-refractivity contribution in [3.8, 4) is 5.88 Å². The van der Waals surface area contributed by atoms with Crippen LogP contribution in [-0.2, 0) is 4.74 Å². The van der Waals surface area contributed by atoms with Gasteiger partial charge in [0.25, 0.3) is 5.91 Å². The largest absolute Gasteiger partial charge is 0.475 e. The Bertz CT molecular complexity index is 664. The number of nitrogens with one attached hydrogen (secondary N) is 1. The summed E-state index contributed by atoms with van der Waals surface area (Å²) in [6.07, 6.45) is 1.52. The predicted octanol–water partition coefficient (Wildman–Crippen LogP) is 3.77. The molecule has 1 atom stereocenters. The van der Waals surface area contributed by atoms with Gasteiger partial charge in [0.1, 0.15) is 6.61 Å². The summed E-state index contributed by atoms with van der Waals surface area (Å²) in [4.78, 5) is 16.5. The van der Waals surface area contributed by atoms with Gasteiger partial charge in [0.2, 0.25) is 5.88 Å². The maximum Gasteiger partial charge on any atom is 0.253 e. The lowest BCUT2D eigenvalue weighted by Crippen LogP contribution is -2.26. The van der Waals surface area contributed by atoms with Crippen LogP contribution in [-0.4, -0.2) is 29.7 Å². The minimum absolute atomic E-state index is 0.0702. The average Bonchev–Trinajstić information content (AvgIpc) is 2.59. The van der Waals surface area contributed by atoms with E-state index in [1.54, 1.807) is 12.1 Å². The summed E-state index contributed by atoms with van der Waals surface area (Å²) in [6.45, 7) is 8.84. The molecule has 134 valence electrons. The van der Waals surface area contributed by atoms with Gasteiger partial charge in [-0.25, -0.2) is 4.98 Å². The second kappa shape index (κ2) is 8.62. The van der Waals surface area contributed by atoms with Crippen LogP contribution in [0.25, 0.3) is 0 Å². The van der Waals surface area contributed by atoms with E-state index in [0.29, 0.717) is 24.7 Å². The summed E-state index contributed by atoms with van der Waals surface area (Å²) in [5.74, 6) is 0.316. The van der Waals surface area contributed by atoms with E-state index < -0.39 is 0 Å². The van der Waals surface area contributed by atoms with Crippen molar-refractivity contribution in [1.82, 2.24) is 10.3 Å². The second-order valence-corrected chi connectivity index (χ2v) is 6.80. The minimum atomic E-state index is -0.186. The van der Waals surface area contributed by atoms with E-state index in [9.17, 15) is 4.79 Å². The molecule has 1 amide bonds. The van der Waals surface area contributed by atoms with Crippen molar-refractivity contribution in [2.45, 2.75) is 39.3 Å². The van der Waals surface area contributed by atoms with Crippen molar-refractivity contribution in [3.63, 3.8) is 0 Å². The standard InChI is InChI=1S/C20H26N2O3/c1-15(16-8-6-5-7-9-16)22-19(23)17-10-11-18(21-14-17)24-12-13-25-20(2,3)4/h5-11,14-15H,12-13H2,1-4H3,(H,22,23). The van der Waals surface area contributed by atoms with Crippen LogP contribution in [0.1, 0.15) is 49.7 Å². The summed E-state index contributed by atoms with van der Waals surface area (Å²) in [5, 5.41) is 2.96. The van der Waals surface area contributed by atoms with Crippen LogP contribution in [0.3, 0.4) is 0 Å². The van der Waals surface area contributed by atoms with Crippen molar-refractivity contribution in [3.05, 3.63) is 59.8 Å². The summed E-state index contributed by atoms with van der Waals surface area (Å²) < 4.78 is 11.1. The first-order chi connectivity index (χ1) is 11.8. The molecule has 0 spiro atoms. The molecule has 1 heterocycles. The zero-order chi connectivity index (χ0) is 18.3. The normalized spacial score (nSPS) is 12.5. The highest BCUT2D eigenvalue weighted by atomic mass is 16.5. The van der Waals surface area contributed by atoms with Gasteiger partial charge in [-0.15, -0.1) is 0 Å². The predicted molar refractivity (Wildman–Crippen MR) is 97.8 cm³/mol. The number of amides is 1. The number of hydrogen-bond donors (Lipinski definition) is 1. The van der Waals surface area contributed by atoms with Gasteiger partial charge in [0, 0.05) is 12.3 Å². The molecule has 1 N–H and O–H groups in total. The van der Waals surface area contributed by atoms with Gasteiger partial charge < -0.3 is 14.8 Å². The molecule has 0 aliphatic heterocycles. The van der Waals surface area contributed by atoms with Crippen LogP contribution in [0.5, 0.6) is 5.88 Å². The second-order valence-electron chi connectivity index (χ2n) is 6.80. The number of pyridine rings is 1. The zero-order valence-corrected chi connectivity index (χ0v) is 15.3. The molecule has 0 saturated carbocycles. The number of nitrogens with zero attached hydrogens (tertiary/aromatic N) is 1. The highest BCUT2D eigenvalue weighted by molar-refractivity contribution is 5.94. The van der Waals surface area contributed by atoms with Gasteiger partial charge >= 0.3 is 0 Å². The van der Waals surface area contributed by atoms with Gasteiger partial charge in [-0.05, 0) is 39.3 Å². The van der Waals surface area contributed by atoms with Gasteiger partial charge in [-0.2, -0.15) is 0 Å². The lowest BCUT2D eigenvalue weighted by Gasteiger charge is -2.19. The molecule has 0 fully saturated rings. The van der Waals surface area contributed by atoms with E-state index in [2.05, 4.69) is 10.3 Å². The summed E-state index contributed by atoms with van der Waals surface area (Å²) >= 11 is 0. The summed E-state index contributed by atoms with van der Waals surface area (Å²) in [7, 11) is 0. The smallest absolute Gasteiger partial charge is 0.253 e. The molecular weight excluding hydrogens is 316 g/mol. The van der Waals surface area contributed by atoms with Crippen LogP contribution in [0.15, 0.2) is 48.7 Å². The number of benzene rings is 1. The van der Waals surface area contributed by atoms with Gasteiger partial charge in [-0.1, -0.05) is 30.3 Å². The fourth-order valence-electron chi connectivity index (χ4n) is 2.20. The maximum atomic E-state index is 12.3. The van der Waals surface area contributed by atoms with Crippen LogP contribution in [0, 0.1) is 0 Å². The molecule has 1 aromatic heterocycles. The quantitative estimate of drug-likeness (QED) is 0.778. The molecule has 25 heavy (non-hydrogen) atoms. The van der Waals surface area contributed by atoms with Crippen molar-refractivity contribution in [2.24, 2.45) is 0 Å². The van der Waals surface area contributed by atoms with Crippen LogP contribution in [0.4, 0.5) is 0 Å². The van der Waals surface area contributed by atoms with Crippen LogP contribution in [0.2, 0.25) is 0 Å². The Balaban J connectivity index is 1.83. The molecule has 5 nitrogen and oxygen atoms in total. The molecule has 1 unspecified atom stereocenters. The number of hydrogen-bond acceptors (Lipinski definition) is 4. The monoisotopic (exact) mass is 342 g/mol. The van der Waals surface area contributed by atoms with E-state index in [4.69, 9.17) is 9.47 Å². The number of carbonyl (C=O) groups is 1. The lowest BCUT2D eigenvalue weighted by molar-refractivity contribution is -0.0168. The van der Waals surface area contributed by atoms with Gasteiger partial charge in [0.05, 0.1) is 23.8 Å². The number of aromatic nitrogens is 1. The third kappa shape index (κ3) is 6.55. The molecule has 0 aliphatic carbocycles. The Labute approximate surface area is 149 Å². The third-order valence-electron chi connectivity index (χ3n) is 3.51. The van der Waals surface area contributed by atoms with E-state index in [-0.39, 0.29) is 17.6 Å². The zero-order valence-electron chi connectivity index (χ0n) is 15.3. The van der Waals surface area contributed by atoms with Gasteiger partial charge in [-0.3, -0.25) is 4.79 Å². The van der Waals surface area contributed by atoms with Crippen molar-refractivity contribution in [1.29, 1.82) is 0 Å². The fraction of sp³-hybridized carbons (Fsp3) is 0.400. The molecule has 0 saturated heterocycles. The molecule has 0 bridgehead atoms. The van der Waals surface area contributed by atoms with Crippen molar-refractivity contribution >= 4 is 5.91 Å². The van der Waals surface area contributed by atoms with Crippen LogP contribution >= 0.6 is 0 Å². The maximum absolute atomic E-state index is 12.3. The minimum Gasteiger partial charge on any atom is -0.475 e. The average molecular weight is 342 g/mol. The van der Waals surface area contributed by atoms with E-state index in [0.717, 1.165) is 5.56 Å². The number of ether oxygens (including phenoxy) is 2. The molecule has 0 radical (unpaired) electrons. The number of rotatable bonds is 7. The SMILES string of the molecule is CC(NC(=O)c1ccc(OCCOC(C)(C)C)nc1)c1ccccc1. The Morgan fingerprint density at radius 1 is 1.12 bits per heavy atom. The van der Waals surface area contributed by atoms with Crippen molar-refractivity contribution < 1.29 is 14.3 Å². The van der Waals surface area contributed by atoms with Crippen molar-refractivity contribution in [2.75, 3.05) is 13.2 Å². The lowest BCUT2D eigenvalue weighted by atomic mass is 10.1. The Hall–Kier alpha value is -2.40. The Morgan fingerprint density at radius 3 is 2.44 bits per heavy atom. The first-order valence-corrected chi connectivity index (χ1v) is 8.44. The molecule has 5 heteroatoms. The first-order valence-electron chi connectivity index (χ1n) is 8.44. The third-order valence-corrected chi connectivity index (χ3v) is 3.51. The van der Waals surface area contributed by atoms with E-state index >= 15 is 0 Å². The molecule has 1 aromatic carbocycles. The number of carbonyl (C=O) groups excluding carboxylic acids is 1. The molecule has 2 aromatic rings. The Kier molecular flexibility index (Phi) is 6.53.